The largest absolute Gasteiger partial charge is 0.487 e. The molecule has 8 heteroatoms. The highest BCUT2D eigenvalue weighted by Gasteiger charge is 2.35. The van der Waals surface area contributed by atoms with Crippen molar-refractivity contribution in [3.8, 4) is 23.0 Å². The van der Waals surface area contributed by atoms with Crippen LogP contribution in [0.15, 0.2) is 48.5 Å². The predicted molar refractivity (Wildman–Crippen MR) is 177 cm³/mol. The van der Waals surface area contributed by atoms with Crippen molar-refractivity contribution in [2.24, 2.45) is 0 Å². The summed E-state index contributed by atoms with van der Waals surface area (Å²) >= 11 is 0. The van der Waals surface area contributed by atoms with Crippen LogP contribution in [0.3, 0.4) is 0 Å². The van der Waals surface area contributed by atoms with E-state index in [9.17, 15) is 9.90 Å². The molecule has 0 aromatic heterocycles. The summed E-state index contributed by atoms with van der Waals surface area (Å²) in [6.45, 7) is 3.57. The quantitative estimate of drug-likeness (QED) is 0.164. The van der Waals surface area contributed by atoms with Gasteiger partial charge in [-0.25, -0.2) is 4.79 Å². The number of carboxylic acid groups (broad SMARTS) is 1. The van der Waals surface area contributed by atoms with Crippen LogP contribution in [-0.2, 0) is 14.3 Å². The molecular formula is C37H56O8. The van der Waals surface area contributed by atoms with Crippen LogP contribution < -0.4 is 18.9 Å². The number of benzene rings is 2. The molecule has 0 amide bonds. The Morgan fingerprint density at radius 3 is 1.44 bits per heavy atom. The molecule has 0 atom stereocenters. The molecule has 0 saturated heterocycles. The topological polar surface area (TPSA) is 92.7 Å². The van der Waals surface area contributed by atoms with E-state index in [1.807, 2.05) is 48.5 Å². The average molecular weight is 629 g/mol. The maximum absolute atomic E-state index is 11.7. The van der Waals surface area contributed by atoms with Gasteiger partial charge < -0.3 is 33.5 Å². The zero-order valence-corrected chi connectivity index (χ0v) is 27.5. The molecule has 0 bridgehead atoms. The maximum atomic E-state index is 11.7. The van der Waals surface area contributed by atoms with E-state index in [1.54, 1.807) is 0 Å². The fourth-order valence-electron chi connectivity index (χ4n) is 5.52. The lowest BCUT2D eigenvalue weighted by atomic mass is 9.96. The van der Waals surface area contributed by atoms with Gasteiger partial charge in [0, 0.05) is 0 Å². The molecule has 8 nitrogen and oxygen atoms in total. The van der Waals surface area contributed by atoms with Gasteiger partial charge in [0.25, 0.3) is 0 Å². The van der Waals surface area contributed by atoms with Crippen molar-refractivity contribution in [1.82, 2.24) is 0 Å². The lowest BCUT2D eigenvalue weighted by Crippen LogP contribution is -2.46. The van der Waals surface area contributed by atoms with Gasteiger partial charge >= 0.3 is 5.97 Å². The van der Waals surface area contributed by atoms with Gasteiger partial charge in [-0.15, -0.1) is 0 Å². The molecule has 0 spiro atoms. The third-order valence-electron chi connectivity index (χ3n) is 8.14. The maximum Gasteiger partial charge on any atom is 0.329 e. The van der Waals surface area contributed by atoms with Gasteiger partial charge in [0.05, 0.1) is 13.2 Å². The second-order valence-electron chi connectivity index (χ2n) is 12.0. The number of fused-ring (bicyclic) bond motifs is 2. The Balaban J connectivity index is 1.59. The summed E-state index contributed by atoms with van der Waals surface area (Å²) in [5.74, 6) is 1.30. The van der Waals surface area contributed by atoms with Crippen LogP contribution in [0.2, 0.25) is 0 Å². The first-order valence-electron chi connectivity index (χ1n) is 17.2. The van der Waals surface area contributed by atoms with Crippen molar-refractivity contribution < 1.29 is 38.3 Å². The molecule has 45 heavy (non-hydrogen) atoms. The van der Waals surface area contributed by atoms with Gasteiger partial charge in [0.1, 0.15) is 38.6 Å². The standard InChI is InChI=1S/C37H56O8/c1-2-3-4-5-6-7-8-9-10-11-12-13-14-19-24-37(45-29-36(38)39)30-43-34-22-17-15-20-32(34)41-27-25-40-26-28-42-33-21-16-18-23-35(33)44-31-37/h15-18,20-23H,2-14,19,24-31H2,1H3,(H,38,39). The molecule has 1 N–H and O–H groups in total. The van der Waals surface area contributed by atoms with Crippen LogP contribution in [0.5, 0.6) is 23.0 Å². The van der Waals surface area contributed by atoms with Crippen molar-refractivity contribution in [3.05, 3.63) is 48.5 Å². The van der Waals surface area contributed by atoms with E-state index in [-0.39, 0.29) is 13.2 Å². The Kier molecular flexibility index (Phi) is 18.3. The molecule has 1 aliphatic heterocycles. The number of unbranched alkanes of at least 4 members (excludes halogenated alkanes) is 13. The lowest BCUT2D eigenvalue weighted by molar-refractivity contribution is -0.156. The molecule has 252 valence electrons. The molecule has 1 aliphatic rings. The monoisotopic (exact) mass is 628 g/mol. The third-order valence-corrected chi connectivity index (χ3v) is 8.14. The molecule has 1 heterocycles. The predicted octanol–water partition coefficient (Wildman–Crippen LogP) is 8.64. The lowest BCUT2D eigenvalue weighted by Gasteiger charge is -2.33. The van der Waals surface area contributed by atoms with Crippen molar-refractivity contribution in [3.63, 3.8) is 0 Å². The van der Waals surface area contributed by atoms with Crippen molar-refractivity contribution >= 4 is 5.97 Å². The fourth-order valence-corrected chi connectivity index (χ4v) is 5.52. The van der Waals surface area contributed by atoms with E-state index in [4.69, 9.17) is 28.4 Å². The Morgan fingerprint density at radius 1 is 0.622 bits per heavy atom. The van der Waals surface area contributed by atoms with Crippen molar-refractivity contribution in [2.75, 3.05) is 46.2 Å². The normalized spacial score (nSPS) is 15.4. The van der Waals surface area contributed by atoms with Gasteiger partial charge in [-0.2, -0.15) is 0 Å². The summed E-state index contributed by atoms with van der Waals surface area (Å²) in [7, 11) is 0. The number of carboxylic acids is 1. The van der Waals surface area contributed by atoms with E-state index in [1.165, 1.54) is 70.6 Å². The fraction of sp³-hybridized carbons (Fsp3) is 0.649. The second kappa shape index (κ2) is 22.5. The summed E-state index contributed by atoms with van der Waals surface area (Å²) < 4.78 is 36.3. The van der Waals surface area contributed by atoms with Crippen molar-refractivity contribution in [2.45, 2.75) is 109 Å². The molecule has 0 unspecified atom stereocenters. The minimum atomic E-state index is -1.03. The first kappa shape index (κ1) is 36.5. The third kappa shape index (κ3) is 15.2. The highest BCUT2D eigenvalue weighted by atomic mass is 16.6. The number of rotatable bonds is 18. The van der Waals surface area contributed by atoms with Gasteiger partial charge in [0.2, 0.25) is 0 Å². The number of hydrogen-bond acceptors (Lipinski definition) is 7. The van der Waals surface area contributed by atoms with Gasteiger partial charge in [-0.05, 0) is 30.7 Å². The van der Waals surface area contributed by atoms with Crippen LogP contribution in [0.25, 0.3) is 0 Å². The van der Waals surface area contributed by atoms with Crippen LogP contribution in [0, 0.1) is 0 Å². The van der Waals surface area contributed by atoms with E-state index in [2.05, 4.69) is 6.92 Å². The molecule has 2 aromatic rings. The highest BCUT2D eigenvalue weighted by Crippen LogP contribution is 2.32. The summed E-state index contributed by atoms with van der Waals surface area (Å²) in [6, 6.07) is 14.9. The van der Waals surface area contributed by atoms with E-state index >= 15 is 0 Å². The van der Waals surface area contributed by atoms with Crippen LogP contribution >= 0.6 is 0 Å². The summed E-state index contributed by atoms with van der Waals surface area (Å²) in [5, 5.41) is 9.55. The number of carbonyl (C=O) groups is 1. The molecular weight excluding hydrogens is 572 g/mol. The van der Waals surface area contributed by atoms with E-state index < -0.39 is 18.2 Å². The second-order valence-corrected chi connectivity index (χ2v) is 12.0. The van der Waals surface area contributed by atoms with Crippen LogP contribution in [-0.4, -0.2) is 62.9 Å². The molecule has 3 rings (SSSR count). The van der Waals surface area contributed by atoms with E-state index in [0.29, 0.717) is 55.8 Å². The summed E-state index contributed by atoms with van der Waals surface area (Å²) in [6.07, 6.45) is 18.3. The van der Waals surface area contributed by atoms with E-state index in [0.717, 1.165) is 19.3 Å². The molecule has 0 aliphatic carbocycles. The molecule has 0 fully saturated rings. The minimum absolute atomic E-state index is 0.110. The zero-order chi connectivity index (χ0) is 31.8. The Labute approximate surface area is 270 Å². The summed E-state index contributed by atoms with van der Waals surface area (Å²) in [4.78, 5) is 11.7. The van der Waals surface area contributed by atoms with Crippen LogP contribution in [0.4, 0.5) is 0 Å². The minimum Gasteiger partial charge on any atom is -0.487 e. The van der Waals surface area contributed by atoms with Gasteiger partial charge in [0.15, 0.2) is 23.0 Å². The zero-order valence-electron chi connectivity index (χ0n) is 27.5. The molecule has 2 aromatic carbocycles. The number of hydrogen-bond donors (Lipinski definition) is 1. The molecule has 0 radical (unpaired) electrons. The number of ether oxygens (including phenoxy) is 6. The smallest absolute Gasteiger partial charge is 0.329 e. The van der Waals surface area contributed by atoms with Crippen molar-refractivity contribution in [1.29, 1.82) is 0 Å². The SMILES string of the molecule is CCCCCCCCCCCCCCCCC1(OCC(=O)O)COc2ccccc2OCCOCCOc2ccccc2OC1. The first-order valence-corrected chi connectivity index (χ1v) is 17.2. The Bertz CT molecular complexity index is 1000. The Morgan fingerprint density at radius 2 is 1.02 bits per heavy atom. The Hall–Kier alpha value is -2.97. The summed E-state index contributed by atoms with van der Waals surface area (Å²) in [5.41, 5.74) is -0.990. The van der Waals surface area contributed by atoms with Gasteiger partial charge in [-0.1, -0.05) is 121 Å². The average Bonchev–Trinajstić information content (AvgIpc) is 3.05. The van der Waals surface area contributed by atoms with Crippen LogP contribution in [0.1, 0.15) is 103 Å². The highest BCUT2D eigenvalue weighted by molar-refractivity contribution is 5.68. The van der Waals surface area contributed by atoms with Gasteiger partial charge in [-0.3, -0.25) is 0 Å². The number of para-hydroxylation sites is 4. The molecule has 0 saturated carbocycles. The first-order chi connectivity index (χ1) is 22.1. The number of aliphatic carboxylic acids is 1.